The van der Waals surface area contributed by atoms with Gasteiger partial charge in [-0.05, 0) is 5.56 Å². The van der Waals surface area contributed by atoms with Crippen LogP contribution in [-0.2, 0) is 16.6 Å². The van der Waals surface area contributed by atoms with Crippen molar-refractivity contribution in [1.29, 1.82) is 0 Å². The second-order valence-corrected chi connectivity index (χ2v) is 6.14. The van der Waals surface area contributed by atoms with E-state index in [4.69, 9.17) is 0 Å². The molecular weight excluding hydrogens is 284 g/mol. The van der Waals surface area contributed by atoms with Gasteiger partial charge in [-0.25, -0.2) is 0 Å². The summed E-state index contributed by atoms with van der Waals surface area (Å²) in [6.07, 6.45) is 1.21. The molecule has 2 aromatic carbocycles. The molecule has 1 atom stereocenters. The Morgan fingerprint density at radius 3 is 2.14 bits per heavy atom. The molecule has 0 saturated carbocycles. The van der Waals surface area contributed by atoms with E-state index in [1.54, 1.807) is 24.3 Å². The SMILES string of the molecule is O=C1C=C(S(=O)Cc2ccccc2)C(=O)c2ccccc21. The fourth-order valence-corrected chi connectivity index (χ4v) is 3.47. The number of benzene rings is 2. The Kier molecular flexibility index (Phi) is 3.62. The molecule has 3 rings (SSSR count). The first kappa shape index (κ1) is 13.6. The molecule has 0 amide bonds. The van der Waals surface area contributed by atoms with E-state index < -0.39 is 10.8 Å². The molecule has 1 aliphatic carbocycles. The summed E-state index contributed by atoms with van der Waals surface area (Å²) in [6.45, 7) is 0. The van der Waals surface area contributed by atoms with Gasteiger partial charge in [0.15, 0.2) is 5.78 Å². The second kappa shape index (κ2) is 5.58. The lowest BCUT2D eigenvalue weighted by molar-refractivity contribution is 0.0990. The lowest BCUT2D eigenvalue weighted by Crippen LogP contribution is -2.20. The van der Waals surface area contributed by atoms with Crippen molar-refractivity contribution in [3.8, 4) is 0 Å². The standard InChI is InChI=1S/C17H12O3S/c18-15-10-16(17(19)14-9-5-4-8-13(14)15)21(20)11-12-6-2-1-3-7-12/h1-10H,11H2. The lowest BCUT2D eigenvalue weighted by atomic mass is 9.95. The van der Waals surface area contributed by atoms with Crippen molar-refractivity contribution in [3.05, 3.63) is 82.3 Å². The zero-order valence-electron chi connectivity index (χ0n) is 11.1. The summed E-state index contributed by atoms with van der Waals surface area (Å²) in [7, 11) is -1.52. The third-order valence-corrected chi connectivity index (χ3v) is 4.70. The minimum Gasteiger partial charge on any atom is -0.289 e. The molecule has 2 aromatic rings. The summed E-state index contributed by atoms with van der Waals surface area (Å²) in [6, 6.07) is 15.9. The molecule has 1 aliphatic rings. The quantitative estimate of drug-likeness (QED) is 0.875. The normalized spacial score (nSPS) is 15.3. The first-order valence-electron chi connectivity index (χ1n) is 6.49. The van der Waals surface area contributed by atoms with Crippen molar-refractivity contribution < 1.29 is 13.8 Å². The number of rotatable bonds is 3. The first-order chi connectivity index (χ1) is 10.2. The molecule has 0 bridgehead atoms. The molecule has 1 unspecified atom stereocenters. The maximum Gasteiger partial charge on any atom is 0.202 e. The number of Topliss-reactive ketones (excluding diaryl/α,β-unsaturated/α-hetero) is 1. The molecule has 104 valence electrons. The summed E-state index contributed by atoms with van der Waals surface area (Å²) >= 11 is 0. The molecule has 0 spiro atoms. The average Bonchev–Trinajstić information content (AvgIpc) is 2.52. The first-order valence-corrected chi connectivity index (χ1v) is 7.81. The van der Waals surface area contributed by atoms with Crippen LogP contribution in [0.25, 0.3) is 0 Å². The van der Waals surface area contributed by atoms with Crippen molar-refractivity contribution in [2.24, 2.45) is 0 Å². The van der Waals surface area contributed by atoms with E-state index in [1.807, 2.05) is 30.3 Å². The number of hydrogen-bond acceptors (Lipinski definition) is 3. The molecule has 0 N–H and O–H groups in total. The van der Waals surface area contributed by atoms with Crippen LogP contribution in [0.15, 0.2) is 65.6 Å². The van der Waals surface area contributed by atoms with Crippen LogP contribution in [0.2, 0.25) is 0 Å². The smallest absolute Gasteiger partial charge is 0.202 e. The van der Waals surface area contributed by atoms with E-state index >= 15 is 0 Å². The second-order valence-electron chi connectivity index (χ2n) is 4.72. The highest BCUT2D eigenvalue weighted by molar-refractivity contribution is 7.89. The minimum atomic E-state index is -1.52. The number of fused-ring (bicyclic) bond motifs is 1. The Balaban J connectivity index is 1.92. The molecule has 0 fully saturated rings. The van der Waals surface area contributed by atoms with E-state index in [-0.39, 0.29) is 22.2 Å². The fourth-order valence-electron chi connectivity index (χ4n) is 2.26. The molecule has 0 heterocycles. The molecule has 4 heteroatoms. The Bertz CT molecular complexity index is 776. The lowest BCUT2D eigenvalue weighted by Gasteiger charge is -2.14. The molecule has 3 nitrogen and oxygen atoms in total. The van der Waals surface area contributed by atoms with Gasteiger partial charge in [0.1, 0.15) is 0 Å². The molecule has 0 radical (unpaired) electrons. The maximum atomic E-state index is 12.4. The van der Waals surface area contributed by atoms with E-state index in [1.165, 1.54) is 6.08 Å². The average molecular weight is 296 g/mol. The van der Waals surface area contributed by atoms with Gasteiger partial charge in [-0.1, -0.05) is 54.6 Å². The largest absolute Gasteiger partial charge is 0.289 e. The van der Waals surface area contributed by atoms with Crippen molar-refractivity contribution in [2.75, 3.05) is 0 Å². The van der Waals surface area contributed by atoms with Crippen LogP contribution < -0.4 is 0 Å². The molecule has 0 saturated heterocycles. The van der Waals surface area contributed by atoms with E-state index in [0.717, 1.165) is 5.56 Å². The Labute approximate surface area is 124 Å². The Hall–Kier alpha value is -2.33. The third kappa shape index (κ3) is 2.62. The predicted octanol–water partition coefficient (Wildman–Crippen LogP) is 2.90. The summed E-state index contributed by atoms with van der Waals surface area (Å²) < 4.78 is 12.4. The third-order valence-electron chi connectivity index (χ3n) is 3.31. The van der Waals surface area contributed by atoms with E-state index in [2.05, 4.69) is 0 Å². The van der Waals surface area contributed by atoms with E-state index in [0.29, 0.717) is 11.1 Å². The van der Waals surface area contributed by atoms with Crippen molar-refractivity contribution in [2.45, 2.75) is 5.75 Å². The number of carbonyl (C=O) groups excluding carboxylic acids is 2. The van der Waals surface area contributed by atoms with Crippen LogP contribution in [0.1, 0.15) is 26.3 Å². The summed E-state index contributed by atoms with van der Waals surface area (Å²) in [5.41, 5.74) is 1.58. The number of ketones is 2. The van der Waals surface area contributed by atoms with Crippen molar-refractivity contribution in [3.63, 3.8) is 0 Å². The van der Waals surface area contributed by atoms with Gasteiger partial charge < -0.3 is 0 Å². The van der Waals surface area contributed by atoms with Gasteiger partial charge in [-0.3, -0.25) is 13.8 Å². The summed E-state index contributed by atoms with van der Waals surface area (Å²) in [5, 5.41) is 0. The van der Waals surface area contributed by atoms with Gasteiger partial charge in [-0.2, -0.15) is 0 Å². The van der Waals surface area contributed by atoms with Gasteiger partial charge in [0.05, 0.1) is 21.5 Å². The van der Waals surface area contributed by atoms with Crippen LogP contribution in [-0.4, -0.2) is 15.8 Å². The monoisotopic (exact) mass is 296 g/mol. The van der Waals surface area contributed by atoms with Gasteiger partial charge in [-0.15, -0.1) is 0 Å². The Morgan fingerprint density at radius 2 is 1.43 bits per heavy atom. The van der Waals surface area contributed by atoms with Crippen molar-refractivity contribution >= 4 is 22.4 Å². The maximum absolute atomic E-state index is 12.4. The number of carbonyl (C=O) groups is 2. The van der Waals surface area contributed by atoms with Gasteiger partial charge in [0, 0.05) is 17.2 Å². The number of allylic oxidation sites excluding steroid dienone is 2. The highest BCUT2D eigenvalue weighted by Gasteiger charge is 2.28. The van der Waals surface area contributed by atoms with Crippen LogP contribution in [0.4, 0.5) is 0 Å². The van der Waals surface area contributed by atoms with Crippen LogP contribution in [0.5, 0.6) is 0 Å². The number of hydrogen-bond donors (Lipinski definition) is 0. The zero-order chi connectivity index (χ0) is 14.8. The summed E-state index contributed by atoms with van der Waals surface area (Å²) in [4.78, 5) is 24.5. The van der Waals surface area contributed by atoms with Crippen LogP contribution in [0, 0.1) is 0 Å². The Morgan fingerprint density at radius 1 is 0.810 bits per heavy atom. The van der Waals surface area contributed by atoms with Crippen molar-refractivity contribution in [1.82, 2.24) is 0 Å². The highest BCUT2D eigenvalue weighted by atomic mass is 32.2. The topological polar surface area (TPSA) is 51.2 Å². The molecular formula is C17H12O3S. The highest BCUT2D eigenvalue weighted by Crippen LogP contribution is 2.24. The predicted molar refractivity (Wildman–Crippen MR) is 81.5 cm³/mol. The molecule has 21 heavy (non-hydrogen) atoms. The van der Waals surface area contributed by atoms with E-state index in [9.17, 15) is 13.8 Å². The zero-order valence-corrected chi connectivity index (χ0v) is 11.9. The fraction of sp³-hybridized carbons (Fsp3) is 0.0588. The van der Waals surface area contributed by atoms with Crippen LogP contribution >= 0.6 is 0 Å². The summed E-state index contributed by atoms with van der Waals surface area (Å²) in [5.74, 6) is -0.352. The van der Waals surface area contributed by atoms with Crippen LogP contribution in [0.3, 0.4) is 0 Å². The van der Waals surface area contributed by atoms with Gasteiger partial charge >= 0.3 is 0 Å². The minimum absolute atomic E-state index is 0.0857. The van der Waals surface area contributed by atoms with Gasteiger partial charge in [0.2, 0.25) is 5.78 Å². The van der Waals surface area contributed by atoms with Gasteiger partial charge in [0.25, 0.3) is 0 Å². The molecule has 0 aliphatic heterocycles. The molecule has 0 aromatic heterocycles.